The average Bonchev–Trinajstić information content (AvgIpc) is 2.30. The lowest BCUT2D eigenvalue weighted by Gasteiger charge is -2.29. The fraction of sp³-hybridized carbons (Fsp3) is 0.692. The number of ketones is 1. The number of hydrogen-bond acceptors (Lipinski definition) is 1. The van der Waals surface area contributed by atoms with E-state index in [0.29, 0.717) is 17.6 Å². The molecule has 0 unspecified atom stereocenters. The van der Waals surface area contributed by atoms with Crippen molar-refractivity contribution in [3.8, 4) is 0 Å². The number of rotatable bonds is 0. The molecule has 1 saturated carbocycles. The molecular formula is C13H19O. The molecule has 0 aromatic heterocycles. The van der Waals surface area contributed by atoms with Gasteiger partial charge in [0.1, 0.15) is 5.78 Å². The van der Waals surface area contributed by atoms with Crippen molar-refractivity contribution in [1.29, 1.82) is 0 Å². The third-order valence-electron chi connectivity index (χ3n) is 3.49. The van der Waals surface area contributed by atoms with Gasteiger partial charge in [-0.15, -0.1) is 0 Å². The minimum absolute atomic E-state index is 0.318. The molecule has 0 aromatic carbocycles. The first-order chi connectivity index (χ1) is 6.88. The van der Waals surface area contributed by atoms with Crippen LogP contribution in [0.15, 0.2) is 12.2 Å². The number of allylic oxidation sites excluding steroid dienone is 2. The zero-order chi connectivity index (χ0) is 9.80. The van der Waals surface area contributed by atoms with E-state index in [1.165, 1.54) is 25.7 Å². The third-order valence-corrected chi connectivity index (χ3v) is 3.49. The van der Waals surface area contributed by atoms with Crippen molar-refractivity contribution < 1.29 is 4.79 Å². The van der Waals surface area contributed by atoms with Crippen molar-refractivity contribution in [3.63, 3.8) is 0 Å². The summed E-state index contributed by atoms with van der Waals surface area (Å²) in [6, 6.07) is 0. The van der Waals surface area contributed by atoms with Gasteiger partial charge in [0, 0.05) is 12.3 Å². The zero-order valence-electron chi connectivity index (χ0n) is 8.74. The molecule has 0 aliphatic heterocycles. The summed E-state index contributed by atoms with van der Waals surface area (Å²) in [6.07, 6.45) is 14.7. The van der Waals surface area contributed by atoms with Gasteiger partial charge in [0.05, 0.1) is 0 Å². The van der Waals surface area contributed by atoms with E-state index in [2.05, 4.69) is 18.6 Å². The summed E-state index contributed by atoms with van der Waals surface area (Å²) in [4.78, 5) is 11.8. The van der Waals surface area contributed by atoms with Gasteiger partial charge >= 0.3 is 0 Å². The second-order valence-corrected chi connectivity index (χ2v) is 4.50. The van der Waals surface area contributed by atoms with Crippen LogP contribution in [-0.4, -0.2) is 5.78 Å². The molecule has 1 heteroatoms. The first-order valence-electron chi connectivity index (χ1n) is 5.89. The van der Waals surface area contributed by atoms with E-state index in [4.69, 9.17) is 0 Å². The lowest BCUT2D eigenvalue weighted by Crippen LogP contribution is -2.28. The highest BCUT2D eigenvalue weighted by atomic mass is 16.1. The van der Waals surface area contributed by atoms with E-state index < -0.39 is 0 Å². The molecule has 0 bridgehead atoms. The molecule has 0 aromatic rings. The van der Waals surface area contributed by atoms with E-state index in [1.807, 2.05) is 0 Å². The highest BCUT2D eigenvalue weighted by molar-refractivity contribution is 5.82. The van der Waals surface area contributed by atoms with Crippen LogP contribution >= 0.6 is 0 Å². The Hall–Kier alpha value is -0.590. The molecule has 2 aliphatic rings. The maximum absolute atomic E-state index is 11.8. The SMILES string of the molecule is O=C1CCC[C@H]2[CH]CCC/C=C/C[C@H]12. The summed E-state index contributed by atoms with van der Waals surface area (Å²) < 4.78 is 0. The van der Waals surface area contributed by atoms with Gasteiger partial charge in [0.15, 0.2) is 0 Å². The van der Waals surface area contributed by atoms with Gasteiger partial charge in [0.25, 0.3) is 0 Å². The van der Waals surface area contributed by atoms with E-state index in [-0.39, 0.29) is 0 Å². The van der Waals surface area contributed by atoms with Crippen LogP contribution in [0.5, 0.6) is 0 Å². The van der Waals surface area contributed by atoms with Crippen LogP contribution in [0.3, 0.4) is 0 Å². The molecule has 2 atom stereocenters. The second kappa shape index (κ2) is 4.77. The van der Waals surface area contributed by atoms with Gasteiger partial charge in [-0.2, -0.15) is 0 Å². The third kappa shape index (κ3) is 2.26. The maximum atomic E-state index is 11.8. The monoisotopic (exact) mass is 191 g/mol. The molecule has 0 spiro atoms. The van der Waals surface area contributed by atoms with E-state index in [0.717, 1.165) is 19.3 Å². The van der Waals surface area contributed by atoms with Gasteiger partial charge in [-0.05, 0) is 50.9 Å². The van der Waals surface area contributed by atoms with Crippen molar-refractivity contribution in [2.45, 2.75) is 44.9 Å². The Morgan fingerprint density at radius 2 is 2.07 bits per heavy atom. The summed E-state index contributed by atoms with van der Waals surface area (Å²) in [6.45, 7) is 0. The molecule has 0 N–H and O–H groups in total. The predicted molar refractivity (Wildman–Crippen MR) is 57.7 cm³/mol. The lowest BCUT2D eigenvalue weighted by atomic mass is 9.74. The average molecular weight is 191 g/mol. The Bertz CT molecular complexity index is 229. The molecule has 0 saturated heterocycles. The number of hydrogen-bond donors (Lipinski definition) is 0. The Morgan fingerprint density at radius 1 is 1.14 bits per heavy atom. The molecule has 14 heavy (non-hydrogen) atoms. The van der Waals surface area contributed by atoms with Crippen LogP contribution < -0.4 is 0 Å². The Balaban J connectivity index is 2.05. The molecule has 2 aliphatic carbocycles. The quantitative estimate of drug-likeness (QED) is 0.537. The van der Waals surface area contributed by atoms with Crippen LogP contribution in [0, 0.1) is 18.3 Å². The molecule has 1 nitrogen and oxygen atoms in total. The topological polar surface area (TPSA) is 17.1 Å². The Kier molecular flexibility index (Phi) is 3.39. The van der Waals surface area contributed by atoms with Gasteiger partial charge in [-0.1, -0.05) is 12.2 Å². The largest absolute Gasteiger partial charge is 0.299 e. The molecule has 1 radical (unpaired) electrons. The number of fused-ring (bicyclic) bond motifs is 1. The van der Waals surface area contributed by atoms with E-state index >= 15 is 0 Å². The van der Waals surface area contributed by atoms with Crippen LogP contribution in [0.25, 0.3) is 0 Å². The van der Waals surface area contributed by atoms with Crippen LogP contribution in [-0.2, 0) is 4.79 Å². The number of carbonyl (C=O) groups excluding carboxylic acids is 1. The van der Waals surface area contributed by atoms with Crippen LogP contribution in [0.2, 0.25) is 0 Å². The highest BCUT2D eigenvalue weighted by Gasteiger charge is 2.30. The number of carbonyl (C=O) groups is 1. The lowest BCUT2D eigenvalue weighted by molar-refractivity contribution is -0.126. The fourth-order valence-corrected chi connectivity index (χ4v) is 2.65. The van der Waals surface area contributed by atoms with Gasteiger partial charge in [-0.3, -0.25) is 4.79 Å². The first-order valence-corrected chi connectivity index (χ1v) is 5.89. The summed E-state index contributed by atoms with van der Waals surface area (Å²) in [5, 5.41) is 0. The summed E-state index contributed by atoms with van der Waals surface area (Å²) in [5.74, 6) is 1.40. The van der Waals surface area contributed by atoms with Crippen LogP contribution in [0.1, 0.15) is 44.9 Å². The minimum Gasteiger partial charge on any atom is -0.299 e. The summed E-state index contributed by atoms with van der Waals surface area (Å²) in [5.41, 5.74) is 0. The van der Waals surface area contributed by atoms with Crippen molar-refractivity contribution in [2.24, 2.45) is 11.8 Å². The van der Waals surface area contributed by atoms with Gasteiger partial charge in [-0.25, -0.2) is 0 Å². The fourth-order valence-electron chi connectivity index (χ4n) is 2.65. The number of Topliss-reactive ketones (excluding diaryl/α,β-unsaturated/α-hetero) is 1. The molecular weight excluding hydrogens is 172 g/mol. The zero-order valence-corrected chi connectivity index (χ0v) is 8.74. The normalized spacial score (nSPS) is 36.4. The van der Waals surface area contributed by atoms with Crippen molar-refractivity contribution in [3.05, 3.63) is 18.6 Å². The maximum Gasteiger partial charge on any atom is 0.136 e. The minimum atomic E-state index is 0.318. The van der Waals surface area contributed by atoms with Gasteiger partial charge < -0.3 is 0 Å². The molecule has 1 fully saturated rings. The second-order valence-electron chi connectivity index (χ2n) is 4.50. The molecule has 2 rings (SSSR count). The van der Waals surface area contributed by atoms with Crippen LogP contribution in [0.4, 0.5) is 0 Å². The van der Waals surface area contributed by atoms with Crippen molar-refractivity contribution >= 4 is 5.78 Å². The molecule has 0 heterocycles. The molecule has 0 amide bonds. The van der Waals surface area contributed by atoms with Crippen molar-refractivity contribution in [1.82, 2.24) is 0 Å². The Labute approximate surface area is 86.6 Å². The standard InChI is InChI=1S/C13H19O/c14-13-10-6-8-11-7-4-2-1-3-5-9-12(11)13/h3,5,7,11-12H,1-2,4,6,8-10H2/b5-3+/t11-,12+/m1/s1. The predicted octanol–water partition coefficient (Wildman–Crippen LogP) is 3.31. The highest BCUT2D eigenvalue weighted by Crippen LogP contribution is 2.34. The molecule has 77 valence electrons. The van der Waals surface area contributed by atoms with Gasteiger partial charge in [0.2, 0.25) is 0 Å². The Morgan fingerprint density at radius 3 is 3.00 bits per heavy atom. The summed E-state index contributed by atoms with van der Waals surface area (Å²) >= 11 is 0. The van der Waals surface area contributed by atoms with E-state index in [9.17, 15) is 4.79 Å². The van der Waals surface area contributed by atoms with Crippen molar-refractivity contribution in [2.75, 3.05) is 0 Å². The van der Waals surface area contributed by atoms with E-state index in [1.54, 1.807) is 0 Å². The summed E-state index contributed by atoms with van der Waals surface area (Å²) in [7, 11) is 0. The first kappa shape index (κ1) is 9.95. The smallest absolute Gasteiger partial charge is 0.136 e.